The number of primary amides is 1. The third-order valence-electron chi connectivity index (χ3n) is 3.28. The second-order valence-corrected chi connectivity index (χ2v) is 4.83. The maximum Gasteiger partial charge on any atom is 0.259 e. The van der Waals surface area contributed by atoms with Gasteiger partial charge >= 0.3 is 0 Å². The topological polar surface area (TPSA) is 124 Å². The Morgan fingerprint density at radius 3 is 2.88 bits per heavy atom. The third kappa shape index (κ3) is 2.86. The molecule has 0 unspecified atom stereocenters. The summed E-state index contributed by atoms with van der Waals surface area (Å²) in [4.78, 5) is 24.2. The molecule has 0 aliphatic rings. The Labute approximate surface area is 136 Å². The second kappa shape index (κ2) is 6.32. The van der Waals surface area contributed by atoms with Crippen molar-refractivity contribution in [3.8, 4) is 5.75 Å². The molecule has 0 atom stereocenters. The first kappa shape index (κ1) is 15.4. The Balaban J connectivity index is 1.94. The number of ether oxygens (including phenoxy) is 1. The Hall–Kier alpha value is -3.49. The largest absolute Gasteiger partial charge is 0.494 e. The zero-order valence-corrected chi connectivity index (χ0v) is 12.8. The fourth-order valence-corrected chi connectivity index (χ4v) is 2.23. The number of benzene rings is 1. The summed E-state index contributed by atoms with van der Waals surface area (Å²) in [5, 5.41) is 13.7. The van der Waals surface area contributed by atoms with Crippen molar-refractivity contribution in [3.05, 3.63) is 47.7 Å². The van der Waals surface area contributed by atoms with Gasteiger partial charge in [0, 0.05) is 6.20 Å². The van der Waals surface area contributed by atoms with E-state index in [4.69, 9.17) is 10.5 Å². The van der Waals surface area contributed by atoms with Crippen LogP contribution in [0.1, 0.15) is 27.6 Å². The van der Waals surface area contributed by atoms with E-state index in [0.717, 1.165) is 0 Å². The molecule has 9 heteroatoms. The van der Waals surface area contributed by atoms with Crippen molar-refractivity contribution in [2.45, 2.75) is 6.92 Å². The molecule has 2 aromatic heterocycles. The standard InChI is InChI=1S/C15H14N6O3/c1-2-24-9-5-6-12(11(8-9)13(16)22)17-15(23)10-4-3-7-21-14(10)18-19-20-21/h3-8H,2H2,1H3,(H2,16,22)(H,17,23). The first-order chi connectivity index (χ1) is 11.6. The van der Waals surface area contributed by atoms with Gasteiger partial charge in [0.1, 0.15) is 5.75 Å². The first-order valence-electron chi connectivity index (χ1n) is 7.15. The molecule has 2 heterocycles. The van der Waals surface area contributed by atoms with E-state index in [1.807, 2.05) is 6.92 Å². The summed E-state index contributed by atoms with van der Waals surface area (Å²) in [7, 11) is 0. The predicted molar refractivity (Wildman–Crippen MR) is 84.9 cm³/mol. The van der Waals surface area contributed by atoms with Crippen molar-refractivity contribution >= 4 is 23.1 Å². The highest BCUT2D eigenvalue weighted by molar-refractivity contribution is 6.11. The Morgan fingerprint density at radius 1 is 1.29 bits per heavy atom. The number of nitrogens with zero attached hydrogens (tertiary/aromatic N) is 4. The van der Waals surface area contributed by atoms with Crippen LogP contribution < -0.4 is 15.8 Å². The van der Waals surface area contributed by atoms with Gasteiger partial charge in [-0.15, -0.1) is 5.10 Å². The fraction of sp³-hybridized carbons (Fsp3) is 0.133. The molecule has 3 aromatic rings. The highest BCUT2D eigenvalue weighted by Crippen LogP contribution is 2.23. The first-order valence-corrected chi connectivity index (χ1v) is 7.15. The molecule has 122 valence electrons. The molecule has 1 aromatic carbocycles. The molecule has 0 saturated carbocycles. The molecule has 0 radical (unpaired) electrons. The average Bonchev–Trinajstić information content (AvgIpc) is 3.04. The number of anilines is 1. The zero-order chi connectivity index (χ0) is 17.1. The lowest BCUT2D eigenvalue weighted by Gasteiger charge is -2.11. The SMILES string of the molecule is CCOc1ccc(NC(=O)c2cccn3nnnc23)c(C(N)=O)c1. The fourth-order valence-electron chi connectivity index (χ4n) is 2.23. The van der Waals surface area contributed by atoms with Crippen molar-refractivity contribution in [2.24, 2.45) is 5.73 Å². The maximum atomic E-state index is 12.5. The smallest absolute Gasteiger partial charge is 0.259 e. The number of carbonyl (C=O) groups is 2. The monoisotopic (exact) mass is 326 g/mol. The summed E-state index contributed by atoms with van der Waals surface area (Å²) in [6.45, 7) is 2.28. The van der Waals surface area contributed by atoms with Gasteiger partial charge in [-0.05, 0) is 47.7 Å². The number of amides is 2. The van der Waals surface area contributed by atoms with Gasteiger partial charge in [0.25, 0.3) is 11.8 Å². The average molecular weight is 326 g/mol. The minimum Gasteiger partial charge on any atom is -0.494 e. The number of aromatic nitrogens is 4. The molecule has 3 rings (SSSR count). The van der Waals surface area contributed by atoms with E-state index in [9.17, 15) is 9.59 Å². The van der Waals surface area contributed by atoms with Crippen molar-refractivity contribution in [1.29, 1.82) is 0 Å². The highest BCUT2D eigenvalue weighted by atomic mass is 16.5. The van der Waals surface area contributed by atoms with Crippen LogP contribution in [0.3, 0.4) is 0 Å². The summed E-state index contributed by atoms with van der Waals surface area (Å²) < 4.78 is 6.72. The molecule has 2 amide bonds. The van der Waals surface area contributed by atoms with E-state index in [2.05, 4.69) is 20.8 Å². The Bertz CT molecular complexity index is 920. The predicted octanol–water partition coefficient (Wildman–Crippen LogP) is 0.874. The van der Waals surface area contributed by atoms with Crippen LogP contribution in [0.25, 0.3) is 5.65 Å². The van der Waals surface area contributed by atoms with Crippen molar-refractivity contribution < 1.29 is 14.3 Å². The minimum absolute atomic E-state index is 0.154. The molecule has 0 spiro atoms. The molecular formula is C15H14N6O3. The van der Waals surface area contributed by atoms with Crippen LogP contribution >= 0.6 is 0 Å². The van der Waals surface area contributed by atoms with Gasteiger partial charge in [-0.1, -0.05) is 0 Å². The normalized spacial score (nSPS) is 10.5. The quantitative estimate of drug-likeness (QED) is 0.717. The number of carbonyl (C=O) groups excluding carboxylic acids is 2. The lowest BCUT2D eigenvalue weighted by Crippen LogP contribution is -2.19. The number of pyridine rings is 1. The van der Waals surface area contributed by atoms with Crippen molar-refractivity contribution in [3.63, 3.8) is 0 Å². The number of rotatable bonds is 5. The Kier molecular flexibility index (Phi) is 4.06. The molecule has 24 heavy (non-hydrogen) atoms. The summed E-state index contributed by atoms with van der Waals surface area (Å²) in [6, 6.07) is 7.92. The highest BCUT2D eigenvalue weighted by Gasteiger charge is 2.17. The number of nitrogens with one attached hydrogen (secondary N) is 1. The maximum absolute atomic E-state index is 12.5. The Morgan fingerprint density at radius 2 is 2.12 bits per heavy atom. The van der Waals surface area contributed by atoms with Crippen LogP contribution in [0, 0.1) is 0 Å². The molecule has 3 N–H and O–H groups in total. The van der Waals surface area contributed by atoms with Gasteiger partial charge < -0.3 is 15.8 Å². The van der Waals surface area contributed by atoms with Crippen LogP contribution in [0.15, 0.2) is 36.5 Å². The number of hydrogen-bond acceptors (Lipinski definition) is 6. The molecule has 0 aliphatic heterocycles. The number of nitrogens with two attached hydrogens (primary N) is 1. The molecular weight excluding hydrogens is 312 g/mol. The molecule has 0 saturated heterocycles. The van der Waals surface area contributed by atoms with Crippen LogP contribution in [0.2, 0.25) is 0 Å². The summed E-state index contributed by atoms with van der Waals surface area (Å²) in [6.07, 6.45) is 1.62. The van der Waals surface area contributed by atoms with E-state index < -0.39 is 11.8 Å². The van der Waals surface area contributed by atoms with Crippen LogP contribution in [-0.2, 0) is 0 Å². The van der Waals surface area contributed by atoms with Crippen LogP contribution in [0.4, 0.5) is 5.69 Å². The van der Waals surface area contributed by atoms with Gasteiger partial charge in [0.05, 0.1) is 23.4 Å². The molecule has 0 bridgehead atoms. The van der Waals surface area contributed by atoms with E-state index >= 15 is 0 Å². The number of fused-ring (bicyclic) bond motifs is 1. The van der Waals surface area contributed by atoms with E-state index in [-0.39, 0.29) is 16.8 Å². The second-order valence-electron chi connectivity index (χ2n) is 4.83. The number of tetrazole rings is 1. The number of hydrogen-bond donors (Lipinski definition) is 2. The summed E-state index contributed by atoms with van der Waals surface area (Å²) in [5.41, 5.74) is 6.40. The van der Waals surface area contributed by atoms with Gasteiger partial charge in [-0.3, -0.25) is 9.59 Å². The lowest BCUT2D eigenvalue weighted by molar-refractivity contribution is 0.100. The zero-order valence-electron chi connectivity index (χ0n) is 12.8. The van der Waals surface area contributed by atoms with Gasteiger partial charge in [-0.25, -0.2) is 0 Å². The van der Waals surface area contributed by atoms with Crippen LogP contribution in [-0.4, -0.2) is 38.5 Å². The summed E-state index contributed by atoms with van der Waals surface area (Å²) in [5.74, 6) is -0.635. The van der Waals surface area contributed by atoms with E-state index in [1.165, 1.54) is 10.6 Å². The molecule has 9 nitrogen and oxygen atoms in total. The minimum atomic E-state index is -0.672. The van der Waals surface area contributed by atoms with Crippen molar-refractivity contribution in [1.82, 2.24) is 20.0 Å². The van der Waals surface area contributed by atoms with Gasteiger partial charge in [0.2, 0.25) is 0 Å². The molecule has 0 fully saturated rings. The van der Waals surface area contributed by atoms with E-state index in [0.29, 0.717) is 18.0 Å². The summed E-state index contributed by atoms with van der Waals surface area (Å²) >= 11 is 0. The molecule has 0 aliphatic carbocycles. The van der Waals surface area contributed by atoms with Gasteiger partial charge in [0.15, 0.2) is 5.65 Å². The van der Waals surface area contributed by atoms with Crippen molar-refractivity contribution in [2.75, 3.05) is 11.9 Å². The van der Waals surface area contributed by atoms with Crippen LogP contribution in [0.5, 0.6) is 5.75 Å². The lowest BCUT2D eigenvalue weighted by atomic mass is 10.1. The third-order valence-corrected chi connectivity index (χ3v) is 3.28. The van der Waals surface area contributed by atoms with Gasteiger partial charge in [-0.2, -0.15) is 4.52 Å². The van der Waals surface area contributed by atoms with E-state index in [1.54, 1.807) is 30.5 Å².